The first-order valence-electron chi connectivity index (χ1n) is 8.83. The van der Waals surface area contributed by atoms with Crippen molar-refractivity contribution in [3.63, 3.8) is 0 Å². The molecule has 0 atom stereocenters. The molecule has 0 saturated carbocycles. The quantitative estimate of drug-likeness (QED) is 0.498. The summed E-state index contributed by atoms with van der Waals surface area (Å²) in [5.41, 5.74) is 3.37. The average Bonchev–Trinajstić information content (AvgIpc) is 3.28. The van der Waals surface area contributed by atoms with Crippen LogP contribution in [0.1, 0.15) is 16.0 Å². The molecule has 146 valence electrons. The van der Waals surface area contributed by atoms with Crippen molar-refractivity contribution in [1.29, 1.82) is 0 Å². The van der Waals surface area contributed by atoms with Gasteiger partial charge in [-0.25, -0.2) is 4.90 Å². The van der Waals surface area contributed by atoms with Gasteiger partial charge in [0.05, 0.1) is 11.3 Å². The summed E-state index contributed by atoms with van der Waals surface area (Å²) in [6, 6.07) is 14.2. The molecular weight excluding hydrogens is 427 g/mol. The summed E-state index contributed by atoms with van der Waals surface area (Å²) >= 11 is 13.8. The van der Waals surface area contributed by atoms with Crippen LogP contribution in [0, 0.1) is 13.8 Å². The Morgan fingerprint density at radius 3 is 2.38 bits per heavy atom. The topological polar surface area (TPSA) is 49.4 Å². The molecule has 0 aliphatic carbocycles. The highest BCUT2D eigenvalue weighted by Gasteiger charge is 2.41. The van der Waals surface area contributed by atoms with Crippen LogP contribution in [0.5, 0.6) is 0 Å². The summed E-state index contributed by atoms with van der Waals surface area (Å²) in [7, 11) is 0. The maximum atomic E-state index is 13.4. The Bertz CT molecular complexity index is 1170. The van der Waals surface area contributed by atoms with Crippen molar-refractivity contribution >= 4 is 63.3 Å². The molecule has 2 heterocycles. The fraction of sp³-hybridized carbons (Fsp3) is 0.0909. The molecule has 4 nitrogen and oxygen atoms in total. The molecule has 0 bridgehead atoms. The number of nitrogens with one attached hydrogen (secondary N) is 1. The zero-order valence-corrected chi connectivity index (χ0v) is 18.0. The summed E-state index contributed by atoms with van der Waals surface area (Å²) in [4.78, 5) is 28.6. The van der Waals surface area contributed by atoms with E-state index in [2.05, 4.69) is 5.32 Å². The number of imide groups is 1. The van der Waals surface area contributed by atoms with Gasteiger partial charge in [-0.15, -0.1) is 11.3 Å². The second-order valence-electron chi connectivity index (χ2n) is 6.69. The Hall–Kier alpha value is -2.60. The van der Waals surface area contributed by atoms with Gasteiger partial charge in [-0.05, 0) is 60.7 Å². The molecular formula is C22H16Cl2N2O2S. The number of carbonyl (C=O) groups excluding carboxylic acids is 2. The van der Waals surface area contributed by atoms with Crippen molar-refractivity contribution in [2.45, 2.75) is 13.8 Å². The van der Waals surface area contributed by atoms with Crippen LogP contribution < -0.4 is 10.2 Å². The zero-order valence-electron chi connectivity index (χ0n) is 15.6. The molecule has 7 heteroatoms. The summed E-state index contributed by atoms with van der Waals surface area (Å²) in [5, 5.41) is 6.02. The van der Waals surface area contributed by atoms with Crippen molar-refractivity contribution in [3.05, 3.63) is 85.7 Å². The Morgan fingerprint density at radius 1 is 0.931 bits per heavy atom. The number of thiophene rings is 1. The predicted octanol–water partition coefficient (Wildman–Crippen LogP) is 6.07. The molecule has 0 radical (unpaired) electrons. The standard InChI is InChI=1S/C22H16Cl2N2O2S/c1-12-6-8-15(11-16(12)24)25-20-19(18-4-3-9-29-18)21(27)26(22(20)28)17-10-14(23)7-5-13(17)2/h3-11,25H,1-2H3. The molecule has 0 unspecified atom stereocenters. The van der Waals surface area contributed by atoms with Crippen molar-refractivity contribution in [3.8, 4) is 0 Å². The van der Waals surface area contributed by atoms with Crippen LogP contribution in [0.25, 0.3) is 5.57 Å². The number of aryl methyl sites for hydroxylation is 2. The minimum atomic E-state index is -0.430. The lowest BCUT2D eigenvalue weighted by Crippen LogP contribution is -2.33. The lowest BCUT2D eigenvalue weighted by atomic mass is 10.1. The fourth-order valence-electron chi connectivity index (χ4n) is 3.15. The van der Waals surface area contributed by atoms with E-state index in [1.807, 2.05) is 43.5 Å². The van der Waals surface area contributed by atoms with Crippen LogP contribution in [0.3, 0.4) is 0 Å². The first kappa shape index (κ1) is 19.7. The molecule has 1 aliphatic heterocycles. The van der Waals surface area contributed by atoms with E-state index in [9.17, 15) is 9.59 Å². The molecule has 0 spiro atoms. The third-order valence-corrected chi connectivity index (χ3v) is 6.23. The van der Waals surface area contributed by atoms with E-state index in [4.69, 9.17) is 23.2 Å². The first-order chi connectivity index (χ1) is 13.9. The second kappa shape index (κ2) is 7.67. The number of hydrogen-bond acceptors (Lipinski definition) is 4. The van der Waals surface area contributed by atoms with Crippen LogP contribution in [0.2, 0.25) is 10.0 Å². The maximum absolute atomic E-state index is 13.4. The van der Waals surface area contributed by atoms with Crippen molar-refractivity contribution in [2.24, 2.45) is 0 Å². The summed E-state index contributed by atoms with van der Waals surface area (Å²) < 4.78 is 0. The van der Waals surface area contributed by atoms with Crippen LogP contribution in [-0.2, 0) is 9.59 Å². The SMILES string of the molecule is Cc1ccc(NC2=C(c3cccs3)C(=O)N(c3cc(Cl)ccc3C)C2=O)cc1Cl. The van der Waals surface area contributed by atoms with Crippen molar-refractivity contribution < 1.29 is 9.59 Å². The second-order valence-corrected chi connectivity index (χ2v) is 8.48. The van der Waals surface area contributed by atoms with Crippen molar-refractivity contribution in [2.75, 3.05) is 10.2 Å². The summed E-state index contributed by atoms with van der Waals surface area (Å²) in [5.74, 6) is -0.816. The Balaban J connectivity index is 1.82. The van der Waals surface area contributed by atoms with Gasteiger partial charge in [0.15, 0.2) is 0 Å². The minimum absolute atomic E-state index is 0.219. The van der Waals surface area contributed by atoms with Gasteiger partial charge >= 0.3 is 0 Å². The molecule has 4 rings (SSSR count). The third kappa shape index (κ3) is 3.57. The smallest absolute Gasteiger partial charge is 0.282 e. The van der Waals surface area contributed by atoms with Crippen LogP contribution in [0.15, 0.2) is 59.6 Å². The van der Waals surface area contributed by atoms with E-state index in [-0.39, 0.29) is 11.6 Å². The Morgan fingerprint density at radius 2 is 1.69 bits per heavy atom. The lowest BCUT2D eigenvalue weighted by molar-refractivity contribution is -0.120. The van der Waals surface area contributed by atoms with Gasteiger partial charge in [-0.3, -0.25) is 9.59 Å². The monoisotopic (exact) mass is 442 g/mol. The number of anilines is 2. The maximum Gasteiger partial charge on any atom is 0.282 e. The average molecular weight is 443 g/mol. The molecule has 1 N–H and O–H groups in total. The number of amides is 2. The van der Waals surface area contributed by atoms with Gasteiger partial charge in [0.1, 0.15) is 5.70 Å². The fourth-order valence-corrected chi connectivity index (χ4v) is 4.27. The molecule has 0 fully saturated rings. The van der Waals surface area contributed by atoms with Crippen LogP contribution in [-0.4, -0.2) is 11.8 Å². The van der Waals surface area contributed by atoms with Crippen LogP contribution >= 0.6 is 34.5 Å². The molecule has 1 aromatic heterocycles. The van der Waals surface area contributed by atoms with E-state index in [1.165, 1.54) is 16.2 Å². The molecule has 1 aliphatic rings. The van der Waals surface area contributed by atoms with Gasteiger partial charge in [0.2, 0.25) is 0 Å². The molecule has 2 amide bonds. The number of hydrogen-bond donors (Lipinski definition) is 1. The Kier molecular flexibility index (Phi) is 5.21. The highest BCUT2D eigenvalue weighted by atomic mass is 35.5. The molecule has 3 aromatic rings. The van der Waals surface area contributed by atoms with Crippen LogP contribution in [0.4, 0.5) is 11.4 Å². The van der Waals surface area contributed by atoms with E-state index >= 15 is 0 Å². The number of benzene rings is 2. The summed E-state index contributed by atoms with van der Waals surface area (Å²) in [6.07, 6.45) is 0. The van der Waals surface area contributed by atoms with Gasteiger partial charge in [0, 0.05) is 20.6 Å². The minimum Gasteiger partial charge on any atom is -0.350 e. The predicted molar refractivity (Wildman–Crippen MR) is 120 cm³/mol. The molecule has 2 aromatic carbocycles. The number of halogens is 2. The van der Waals surface area contributed by atoms with E-state index in [0.29, 0.717) is 31.9 Å². The first-order valence-corrected chi connectivity index (χ1v) is 10.5. The normalized spacial score (nSPS) is 14.1. The molecule has 29 heavy (non-hydrogen) atoms. The highest BCUT2D eigenvalue weighted by Crippen LogP contribution is 2.37. The number of nitrogens with zero attached hydrogens (tertiary/aromatic N) is 1. The zero-order chi connectivity index (χ0) is 20.7. The number of rotatable bonds is 4. The van der Waals surface area contributed by atoms with Gasteiger partial charge in [-0.1, -0.05) is 41.4 Å². The lowest BCUT2D eigenvalue weighted by Gasteiger charge is -2.18. The van der Waals surface area contributed by atoms with E-state index < -0.39 is 5.91 Å². The molecule has 0 saturated heterocycles. The van der Waals surface area contributed by atoms with E-state index in [0.717, 1.165) is 11.1 Å². The van der Waals surface area contributed by atoms with Gasteiger partial charge in [0.25, 0.3) is 11.8 Å². The Labute approximate surface area is 182 Å². The van der Waals surface area contributed by atoms with Gasteiger partial charge < -0.3 is 5.32 Å². The number of carbonyl (C=O) groups is 2. The van der Waals surface area contributed by atoms with Crippen molar-refractivity contribution in [1.82, 2.24) is 0 Å². The van der Waals surface area contributed by atoms with E-state index in [1.54, 1.807) is 24.3 Å². The highest BCUT2D eigenvalue weighted by molar-refractivity contribution is 7.11. The van der Waals surface area contributed by atoms with Gasteiger partial charge in [-0.2, -0.15) is 0 Å². The third-order valence-electron chi connectivity index (χ3n) is 4.70. The largest absolute Gasteiger partial charge is 0.350 e. The summed E-state index contributed by atoms with van der Waals surface area (Å²) in [6.45, 7) is 3.73.